The molecule has 0 unspecified atom stereocenters. The smallest absolute Gasteiger partial charge is 0.269 e. The lowest BCUT2D eigenvalue weighted by Gasteiger charge is -2.05. The topological polar surface area (TPSA) is 56.1 Å². The molecule has 1 heterocycles. The fourth-order valence-electron chi connectivity index (χ4n) is 1.40. The van der Waals surface area contributed by atoms with Crippen molar-refractivity contribution in [3.63, 3.8) is 0 Å². The molecule has 1 aromatic heterocycles. The molecule has 0 spiro atoms. The summed E-state index contributed by atoms with van der Waals surface area (Å²) in [5, 5.41) is 7.83. The standard InChI is InChI=1S/C11H18BrN3O2/c1-3-9-8-10(15(2)14-9)11(16)13-5-7-17-6-4-12/h8H,3-7H2,1-2H3,(H,13,16). The molecule has 0 fully saturated rings. The van der Waals surface area contributed by atoms with Gasteiger partial charge < -0.3 is 10.1 Å². The number of amides is 1. The van der Waals surface area contributed by atoms with Gasteiger partial charge >= 0.3 is 0 Å². The van der Waals surface area contributed by atoms with Crippen LogP contribution in [0.2, 0.25) is 0 Å². The molecule has 0 saturated carbocycles. The van der Waals surface area contributed by atoms with Crippen molar-refractivity contribution in [1.29, 1.82) is 0 Å². The molecule has 5 nitrogen and oxygen atoms in total. The number of hydrogen-bond donors (Lipinski definition) is 1. The molecule has 1 aromatic rings. The van der Waals surface area contributed by atoms with Crippen LogP contribution in [-0.2, 0) is 18.2 Å². The Morgan fingerprint density at radius 3 is 2.94 bits per heavy atom. The first-order valence-electron chi connectivity index (χ1n) is 5.63. The summed E-state index contributed by atoms with van der Waals surface area (Å²) in [6.07, 6.45) is 0.829. The fourth-order valence-corrected chi connectivity index (χ4v) is 1.62. The van der Waals surface area contributed by atoms with E-state index in [0.717, 1.165) is 17.4 Å². The van der Waals surface area contributed by atoms with Crippen molar-refractivity contribution in [1.82, 2.24) is 15.1 Å². The van der Waals surface area contributed by atoms with Crippen molar-refractivity contribution in [3.05, 3.63) is 17.5 Å². The highest BCUT2D eigenvalue weighted by molar-refractivity contribution is 9.09. The highest BCUT2D eigenvalue weighted by atomic mass is 79.9. The summed E-state index contributed by atoms with van der Waals surface area (Å²) in [5.41, 5.74) is 1.51. The zero-order valence-electron chi connectivity index (χ0n) is 10.2. The zero-order valence-corrected chi connectivity index (χ0v) is 11.8. The molecule has 0 aromatic carbocycles. The van der Waals surface area contributed by atoms with E-state index < -0.39 is 0 Å². The Labute approximate surface area is 110 Å². The van der Waals surface area contributed by atoms with Crippen LogP contribution in [0, 0.1) is 0 Å². The lowest BCUT2D eigenvalue weighted by molar-refractivity contribution is 0.0915. The number of rotatable bonds is 7. The predicted molar refractivity (Wildman–Crippen MR) is 69.5 cm³/mol. The van der Waals surface area contributed by atoms with Crippen LogP contribution >= 0.6 is 15.9 Å². The molecule has 0 bridgehead atoms. The lowest BCUT2D eigenvalue weighted by atomic mass is 10.3. The summed E-state index contributed by atoms with van der Waals surface area (Å²) in [7, 11) is 1.77. The fraction of sp³-hybridized carbons (Fsp3) is 0.636. The molecule has 1 rings (SSSR count). The van der Waals surface area contributed by atoms with Crippen LogP contribution in [0.15, 0.2) is 6.07 Å². The lowest BCUT2D eigenvalue weighted by Crippen LogP contribution is -2.29. The minimum absolute atomic E-state index is 0.109. The largest absolute Gasteiger partial charge is 0.379 e. The maximum Gasteiger partial charge on any atom is 0.269 e. The number of carbonyl (C=O) groups is 1. The molecule has 0 aliphatic heterocycles. The highest BCUT2D eigenvalue weighted by Crippen LogP contribution is 2.03. The van der Waals surface area contributed by atoms with E-state index >= 15 is 0 Å². The molecule has 0 saturated heterocycles. The summed E-state index contributed by atoms with van der Waals surface area (Å²) >= 11 is 3.26. The van der Waals surface area contributed by atoms with Gasteiger partial charge in [0.1, 0.15) is 5.69 Å². The number of nitrogens with one attached hydrogen (secondary N) is 1. The van der Waals surface area contributed by atoms with Crippen LogP contribution in [0.5, 0.6) is 0 Å². The molecule has 1 amide bonds. The van der Waals surface area contributed by atoms with Crippen LogP contribution < -0.4 is 5.32 Å². The van der Waals surface area contributed by atoms with Gasteiger partial charge in [-0.2, -0.15) is 5.10 Å². The second kappa shape index (κ2) is 7.45. The number of aromatic nitrogens is 2. The number of carbonyl (C=O) groups excluding carboxylic acids is 1. The van der Waals surface area contributed by atoms with Crippen molar-refractivity contribution < 1.29 is 9.53 Å². The van der Waals surface area contributed by atoms with Crippen molar-refractivity contribution in [2.75, 3.05) is 25.1 Å². The quantitative estimate of drug-likeness (QED) is 0.607. The van der Waals surface area contributed by atoms with E-state index in [-0.39, 0.29) is 5.91 Å². The average Bonchev–Trinajstić information content (AvgIpc) is 2.70. The van der Waals surface area contributed by atoms with Gasteiger partial charge in [0.05, 0.1) is 18.9 Å². The second-order valence-corrected chi connectivity index (χ2v) is 4.35. The summed E-state index contributed by atoms with van der Waals surface area (Å²) in [5.74, 6) is -0.109. The Hall–Kier alpha value is -0.880. The number of aryl methyl sites for hydroxylation is 2. The van der Waals surface area contributed by atoms with Gasteiger partial charge in [-0.05, 0) is 12.5 Å². The first-order valence-corrected chi connectivity index (χ1v) is 6.76. The number of alkyl halides is 1. The SMILES string of the molecule is CCc1cc(C(=O)NCCOCCBr)n(C)n1. The van der Waals surface area contributed by atoms with Crippen molar-refractivity contribution in [3.8, 4) is 0 Å². The minimum atomic E-state index is -0.109. The zero-order chi connectivity index (χ0) is 12.7. The van der Waals surface area contributed by atoms with E-state index in [2.05, 4.69) is 26.3 Å². The summed E-state index contributed by atoms with van der Waals surface area (Å²) in [4.78, 5) is 11.8. The highest BCUT2D eigenvalue weighted by Gasteiger charge is 2.11. The number of hydrogen-bond acceptors (Lipinski definition) is 3. The van der Waals surface area contributed by atoms with E-state index in [1.165, 1.54) is 0 Å². The molecule has 0 atom stereocenters. The second-order valence-electron chi connectivity index (χ2n) is 3.56. The van der Waals surface area contributed by atoms with Gasteiger partial charge in [-0.25, -0.2) is 0 Å². The molecule has 0 aliphatic carbocycles. The van der Waals surface area contributed by atoms with Crippen molar-refractivity contribution >= 4 is 21.8 Å². The Morgan fingerprint density at radius 1 is 1.59 bits per heavy atom. The maximum absolute atomic E-state index is 11.8. The average molecular weight is 304 g/mol. The third kappa shape index (κ3) is 4.47. The predicted octanol–water partition coefficient (Wildman–Crippen LogP) is 1.12. The van der Waals surface area contributed by atoms with Crippen molar-refractivity contribution in [2.45, 2.75) is 13.3 Å². The van der Waals surface area contributed by atoms with Gasteiger partial charge in [-0.1, -0.05) is 22.9 Å². The van der Waals surface area contributed by atoms with Crippen LogP contribution in [0.25, 0.3) is 0 Å². The summed E-state index contributed by atoms with van der Waals surface area (Å²) in [6, 6.07) is 1.81. The van der Waals surface area contributed by atoms with E-state index in [1.54, 1.807) is 11.7 Å². The van der Waals surface area contributed by atoms with E-state index in [4.69, 9.17) is 4.74 Å². The first-order chi connectivity index (χ1) is 8.19. The van der Waals surface area contributed by atoms with Crippen LogP contribution in [0.1, 0.15) is 23.1 Å². The number of nitrogens with zero attached hydrogens (tertiary/aromatic N) is 2. The Kier molecular flexibility index (Phi) is 6.21. The number of halogens is 1. The van der Waals surface area contributed by atoms with E-state index in [9.17, 15) is 4.79 Å². The summed E-state index contributed by atoms with van der Waals surface area (Å²) < 4.78 is 6.85. The first kappa shape index (κ1) is 14.2. The van der Waals surface area contributed by atoms with Gasteiger partial charge in [0.25, 0.3) is 5.91 Å². The van der Waals surface area contributed by atoms with Gasteiger partial charge in [-0.15, -0.1) is 0 Å². The minimum Gasteiger partial charge on any atom is -0.379 e. The Bertz CT molecular complexity index is 366. The summed E-state index contributed by atoms with van der Waals surface area (Å²) in [6.45, 7) is 3.70. The van der Waals surface area contributed by atoms with Gasteiger partial charge in [0.2, 0.25) is 0 Å². The molecule has 0 aliphatic rings. The van der Waals surface area contributed by atoms with Gasteiger partial charge in [0, 0.05) is 18.9 Å². The molecule has 96 valence electrons. The third-order valence-electron chi connectivity index (χ3n) is 2.28. The molecular weight excluding hydrogens is 286 g/mol. The van der Waals surface area contributed by atoms with Gasteiger partial charge in [0.15, 0.2) is 0 Å². The third-order valence-corrected chi connectivity index (χ3v) is 2.60. The van der Waals surface area contributed by atoms with Crippen LogP contribution in [0.3, 0.4) is 0 Å². The van der Waals surface area contributed by atoms with Gasteiger partial charge in [-0.3, -0.25) is 9.48 Å². The van der Waals surface area contributed by atoms with Crippen molar-refractivity contribution in [2.24, 2.45) is 7.05 Å². The monoisotopic (exact) mass is 303 g/mol. The molecule has 1 N–H and O–H groups in total. The van der Waals surface area contributed by atoms with E-state index in [0.29, 0.717) is 25.5 Å². The number of ether oxygens (including phenoxy) is 1. The van der Waals surface area contributed by atoms with Crippen LogP contribution in [-0.4, -0.2) is 40.8 Å². The maximum atomic E-state index is 11.8. The van der Waals surface area contributed by atoms with Crippen LogP contribution in [0.4, 0.5) is 0 Å². The normalized spacial score (nSPS) is 10.5. The van der Waals surface area contributed by atoms with E-state index in [1.807, 2.05) is 13.0 Å². The molecular formula is C11H18BrN3O2. The Morgan fingerprint density at radius 2 is 2.35 bits per heavy atom. The molecule has 17 heavy (non-hydrogen) atoms. The molecule has 6 heteroatoms. The molecule has 0 radical (unpaired) electrons. The Balaban J connectivity index is 2.38.